The van der Waals surface area contributed by atoms with Crippen LogP contribution >= 0.6 is 0 Å². The molecule has 0 spiro atoms. The maximum Gasteiger partial charge on any atom is 0.319 e. The van der Waals surface area contributed by atoms with E-state index in [1.54, 1.807) is 0 Å². The van der Waals surface area contributed by atoms with E-state index in [1.807, 2.05) is 25.1 Å². The predicted octanol–water partition coefficient (Wildman–Crippen LogP) is 2.14. The molecule has 1 aromatic heterocycles. The minimum absolute atomic E-state index is 0.0725. The van der Waals surface area contributed by atoms with Crippen molar-refractivity contribution in [3.63, 3.8) is 0 Å². The van der Waals surface area contributed by atoms with Gasteiger partial charge in [-0.2, -0.15) is 0 Å². The second-order valence-corrected chi connectivity index (χ2v) is 5.55. The van der Waals surface area contributed by atoms with Gasteiger partial charge in [-0.15, -0.1) is 0 Å². The summed E-state index contributed by atoms with van der Waals surface area (Å²) in [5.41, 5.74) is 1.80. The molecule has 0 saturated carbocycles. The van der Waals surface area contributed by atoms with Crippen molar-refractivity contribution in [3.05, 3.63) is 40.2 Å². The largest absolute Gasteiger partial charge is 0.376 e. The fraction of sp³-hybridized carbons (Fsp3) is 0.375. The molecule has 116 valence electrons. The Balaban J connectivity index is 1.71. The van der Waals surface area contributed by atoms with Crippen LogP contribution in [0.2, 0.25) is 0 Å². The summed E-state index contributed by atoms with van der Waals surface area (Å²) < 4.78 is 5.44. The number of anilines is 1. The van der Waals surface area contributed by atoms with Gasteiger partial charge < -0.3 is 20.4 Å². The average Bonchev–Trinajstić information content (AvgIpc) is 3.02. The number of fused-ring (bicyclic) bond motifs is 1. The number of amides is 2. The second-order valence-electron chi connectivity index (χ2n) is 5.55. The van der Waals surface area contributed by atoms with Gasteiger partial charge in [-0.05, 0) is 31.9 Å². The van der Waals surface area contributed by atoms with E-state index in [2.05, 4.69) is 15.6 Å². The summed E-state index contributed by atoms with van der Waals surface area (Å²) in [7, 11) is 0. The number of aromatic amines is 1. The molecule has 1 atom stereocenters. The number of rotatable bonds is 3. The van der Waals surface area contributed by atoms with E-state index in [0.717, 1.165) is 30.5 Å². The van der Waals surface area contributed by atoms with Gasteiger partial charge >= 0.3 is 6.03 Å². The molecule has 1 saturated heterocycles. The van der Waals surface area contributed by atoms with Crippen LogP contribution in [0.4, 0.5) is 10.5 Å². The molecule has 1 aliphatic rings. The Kier molecular flexibility index (Phi) is 4.11. The number of benzene rings is 1. The molecule has 22 heavy (non-hydrogen) atoms. The molecular formula is C16H19N3O3. The molecule has 2 heterocycles. The Morgan fingerprint density at radius 1 is 1.45 bits per heavy atom. The van der Waals surface area contributed by atoms with Crippen LogP contribution in [0, 0.1) is 6.92 Å². The summed E-state index contributed by atoms with van der Waals surface area (Å²) in [6.45, 7) is 3.13. The third-order valence-corrected chi connectivity index (χ3v) is 3.80. The van der Waals surface area contributed by atoms with Crippen molar-refractivity contribution in [2.75, 3.05) is 18.5 Å². The van der Waals surface area contributed by atoms with Gasteiger partial charge in [0.1, 0.15) is 5.69 Å². The van der Waals surface area contributed by atoms with Crippen LogP contribution in [-0.4, -0.2) is 30.3 Å². The van der Waals surface area contributed by atoms with Gasteiger partial charge in [0, 0.05) is 30.3 Å². The molecule has 1 fully saturated rings. The van der Waals surface area contributed by atoms with E-state index in [4.69, 9.17) is 4.74 Å². The van der Waals surface area contributed by atoms with Gasteiger partial charge in [-0.3, -0.25) is 4.79 Å². The number of pyridine rings is 1. The van der Waals surface area contributed by atoms with Gasteiger partial charge in [0.15, 0.2) is 0 Å². The number of carbonyl (C=O) groups excluding carboxylic acids is 1. The number of H-pyrrole nitrogens is 1. The molecular weight excluding hydrogens is 282 g/mol. The second kappa shape index (κ2) is 6.19. The van der Waals surface area contributed by atoms with E-state index in [-0.39, 0.29) is 17.2 Å². The third-order valence-electron chi connectivity index (χ3n) is 3.80. The van der Waals surface area contributed by atoms with Crippen molar-refractivity contribution in [1.82, 2.24) is 10.3 Å². The lowest BCUT2D eigenvalue weighted by molar-refractivity contribution is 0.112. The first-order valence-corrected chi connectivity index (χ1v) is 7.42. The summed E-state index contributed by atoms with van der Waals surface area (Å²) in [6, 6.07) is 5.20. The molecule has 1 aliphatic heterocycles. The van der Waals surface area contributed by atoms with Crippen LogP contribution in [0.5, 0.6) is 0 Å². The SMILES string of the molecule is Cc1ccc2[nH]cc(NC(=O)NC[C@H]3CCCO3)c(=O)c2c1. The highest BCUT2D eigenvalue weighted by Gasteiger charge is 2.16. The van der Waals surface area contributed by atoms with Gasteiger partial charge in [-0.1, -0.05) is 11.6 Å². The zero-order valence-corrected chi connectivity index (χ0v) is 12.4. The van der Waals surface area contributed by atoms with Gasteiger partial charge in [-0.25, -0.2) is 4.79 Å². The molecule has 3 rings (SSSR count). The number of carbonyl (C=O) groups is 1. The number of urea groups is 1. The molecule has 0 radical (unpaired) electrons. The fourth-order valence-electron chi connectivity index (χ4n) is 2.60. The summed E-state index contributed by atoms with van der Waals surface area (Å²) >= 11 is 0. The lowest BCUT2D eigenvalue weighted by atomic mass is 10.1. The predicted molar refractivity (Wildman–Crippen MR) is 85.3 cm³/mol. The monoisotopic (exact) mass is 301 g/mol. The number of aryl methyl sites for hydroxylation is 1. The average molecular weight is 301 g/mol. The van der Waals surface area contributed by atoms with Crippen molar-refractivity contribution < 1.29 is 9.53 Å². The van der Waals surface area contributed by atoms with Crippen LogP contribution in [0.25, 0.3) is 10.9 Å². The molecule has 0 unspecified atom stereocenters. The molecule has 3 N–H and O–H groups in total. The Labute approximate surface area is 127 Å². The van der Waals surface area contributed by atoms with Crippen molar-refractivity contribution in [3.8, 4) is 0 Å². The van der Waals surface area contributed by atoms with E-state index >= 15 is 0 Å². The highest BCUT2D eigenvalue weighted by molar-refractivity contribution is 5.92. The highest BCUT2D eigenvalue weighted by atomic mass is 16.5. The minimum Gasteiger partial charge on any atom is -0.376 e. The number of hydrogen-bond acceptors (Lipinski definition) is 3. The van der Waals surface area contributed by atoms with E-state index in [1.165, 1.54) is 6.20 Å². The third kappa shape index (κ3) is 3.12. The number of aromatic nitrogens is 1. The molecule has 6 heteroatoms. The van der Waals surface area contributed by atoms with Crippen molar-refractivity contribution >= 4 is 22.6 Å². The van der Waals surface area contributed by atoms with Crippen molar-refractivity contribution in [2.45, 2.75) is 25.9 Å². The molecule has 0 aliphatic carbocycles. The lowest BCUT2D eigenvalue weighted by Gasteiger charge is -2.11. The summed E-state index contributed by atoms with van der Waals surface area (Å²) in [4.78, 5) is 27.3. The van der Waals surface area contributed by atoms with Crippen LogP contribution in [0.1, 0.15) is 18.4 Å². The Morgan fingerprint density at radius 2 is 2.32 bits per heavy atom. The van der Waals surface area contributed by atoms with Crippen LogP contribution in [0.3, 0.4) is 0 Å². The summed E-state index contributed by atoms with van der Waals surface area (Å²) in [5.74, 6) is 0. The quantitative estimate of drug-likeness (QED) is 0.812. The van der Waals surface area contributed by atoms with E-state index in [0.29, 0.717) is 11.9 Å². The smallest absolute Gasteiger partial charge is 0.319 e. The van der Waals surface area contributed by atoms with Crippen LogP contribution in [-0.2, 0) is 4.74 Å². The Morgan fingerprint density at radius 3 is 3.09 bits per heavy atom. The molecule has 2 amide bonds. The first kappa shape index (κ1) is 14.6. The van der Waals surface area contributed by atoms with E-state index < -0.39 is 6.03 Å². The Bertz CT molecular complexity index is 748. The van der Waals surface area contributed by atoms with Gasteiger partial charge in [0.25, 0.3) is 0 Å². The van der Waals surface area contributed by atoms with Gasteiger partial charge in [0.2, 0.25) is 5.43 Å². The summed E-state index contributed by atoms with van der Waals surface area (Å²) in [5, 5.41) is 5.89. The number of ether oxygens (including phenoxy) is 1. The number of hydrogen-bond donors (Lipinski definition) is 3. The number of nitrogens with one attached hydrogen (secondary N) is 3. The first-order chi connectivity index (χ1) is 10.6. The maximum atomic E-state index is 12.4. The maximum absolute atomic E-state index is 12.4. The van der Waals surface area contributed by atoms with Crippen molar-refractivity contribution in [1.29, 1.82) is 0 Å². The standard InChI is InChI=1S/C16H19N3O3/c1-10-4-5-13-12(7-10)15(20)14(9-17-13)19-16(21)18-8-11-3-2-6-22-11/h4-5,7,9,11H,2-3,6,8H2,1H3,(H,17,20)(H2,18,19,21)/t11-/m1/s1. The minimum atomic E-state index is -0.395. The van der Waals surface area contributed by atoms with Crippen molar-refractivity contribution in [2.24, 2.45) is 0 Å². The molecule has 1 aromatic carbocycles. The normalized spacial score (nSPS) is 17.6. The molecule has 6 nitrogen and oxygen atoms in total. The highest BCUT2D eigenvalue weighted by Crippen LogP contribution is 2.13. The lowest BCUT2D eigenvalue weighted by Crippen LogP contribution is -2.36. The van der Waals surface area contributed by atoms with E-state index in [9.17, 15) is 9.59 Å². The fourth-order valence-corrected chi connectivity index (χ4v) is 2.60. The first-order valence-electron chi connectivity index (χ1n) is 7.42. The topological polar surface area (TPSA) is 83.2 Å². The zero-order valence-electron chi connectivity index (χ0n) is 12.4. The van der Waals surface area contributed by atoms with Crippen LogP contribution < -0.4 is 16.1 Å². The Hall–Kier alpha value is -2.34. The van der Waals surface area contributed by atoms with Gasteiger partial charge in [0.05, 0.1) is 6.10 Å². The molecule has 0 bridgehead atoms. The van der Waals surface area contributed by atoms with Crippen LogP contribution in [0.15, 0.2) is 29.2 Å². The summed E-state index contributed by atoms with van der Waals surface area (Å²) in [6.07, 6.45) is 3.57. The zero-order chi connectivity index (χ0) is 15.5. The molecule has 2 aromatic rings.